The van der Waals surface area contributed by atoms with E-state index in [-0.39, 0.29) is 31.1 Å². The molecule has 482 valence electrons. The molecule has 7 fully saturated rings. The van der Waals surface area contributed by atoms with E-state index in [0.717, 1.165) is 96.9 Å². The fourth-order valence-corrected chi connectivity index (χ4v) is 12.6. The number of pyridine rings is 2. The van der Waals surface area contributed by atoms with Gasteiger partial charge in [0.1, 0.15) is 23.3 Å². The zero-order valence-corrected chi connectivity index (χ0v) is 53.7. The third-order valence-corrected chi connectivity index (χ3v) is 18.7. The van der Waals surface area contributed by atoms with Gasteiger partial charge in [0.05, 0.1) is 49.8 Å². The largest absolute Gasteiger partial charge is 0.495 e. The first-order valence-electron chi connectivity index (χ1n) is 30.5. The summed E-state index contributed by atoms with van der Waals surface area (Å²) in [6, 6.07) is 18.6. The Morgan fingerprint density at radius 1 is 0.591 bits per heavy atom. The van der Waals surface area contributed by atoms with E-state index < -0.39 is 67.5 Å². The number of amides is 4. The maximum Gasteiger partial charge on any atom is 0.495 e. The number of ether oxygens (including phenoxy) is 2. The van der Waals surface area contributed by atoms with Crippen molar-refractivity contribution in [2.45, 2.75) is 117 Å². The van der Waals surface area contributed by atoms with E-state index in [0.29, 0.717) is 76.1 Å². The lowest BCUT2D eigenvalue weighted by atomic mass is 9.76. The van der Waals surface area contributed by atoms with Gasteiger partial charge in [0.15, 0.2) is 0 Å². The molecule has 0 aliphatic carbocycles. The lowest BCUT2D eigenvalue weighted by Gasteiger charge is -2.32. The van der Waals surface area contributed by atoms with Gasteiger partial charge in [-0.3, -0.25) is 0 Å². The lowest BCUT2D eigenvalue weighted by Crippen LogP contribution is -2.41. The molecule has 0 saturated carbocycles. The monoisotopic (exact) mass is 1350 g/mol. The number of halogens is 7. The molecule has 4 N–H and O–H groups in total. The summed E-state index contributed by atoms with van der Waals surface area (Å²) in [6.07, 6.45) is -10.1. The number of aryl methyl sites for hydroxylation is 2. The molecule has 0 bridgehead atoms. The summed E-state index contributed by atoms with van der Waals surface area (Å²) in [5.74, 6) is 2.96. The Bertz CT molecular complexity index is 3030. The van der Waals surface area contributed by atoms with Gasteiger partial charge in [-0.25, -0.2) is 19.6 Å². The summed E-state index contributed by atoms with van der Waals surface area (Å²) in [4.78, 5) is 46.8. The predicted octanol–water partition coefficient (Wildman–Crippen LogP) is 9.96. The van der Waals surface area contributed by atoms with Crippen molar-refractivity contribution >= 4 is 81.9 Å². The van der Waals surface area contributed by atoms with Crippen LogP contribution in [0.3, 0.4) is 0 Å². The summed E-state index contributed by atoms with van der Waals surface area (Å²) in [6.45, 7) is 25.6. The normalized spacial score (nSPS) is 24.5. The van der Waals surface area contributed by atoms with E-state index in [1.54, 1.807) is 12.1 Å². The number of nitrogens with zero attached hydrogens (tertiary/aromatic N) is 8. The number of likely N-dealkylation sites (tertiary alicyclic amines) is 2. The highest BCUT2D eigenvalue weighted by Crippen LogP contribution is 2.39. The number of anilines is 6. The first kappa shape index (κ1) is 67.0. The standard InChI is InChI=1S/C28H36F3N5O3.C20H28BF3N2O3.C14H20IN3O2/c1-18-3-4-22(32-27(38)35-6-5-20(16-35)14-28(29,30)31)13-23(18)21-11-25(34-7-9-39-10-8-34)33-26(12-21)36-15-19(2)24(37)17-36;1-13-6-7-15(10-16(13)21-28-18(2,3)19(4,5)29-21)25-17(27)26-9-8-14(12-26)11-20(22,23)24;1-10-8-18(9-12(10)19)14-7-11(15)6-13(16-14)17-2-4-20-5-3-17/h3-4,11-13,19-20,24,37H,5-10,14-17H2,1-2H3,(H,32,38);6-7,10,14H,8-9,11-12H2,1-5H3,(H,25,27);6-7,10,12,19H,2-5,8-9H2,1H3/t19?,20-,24?;14-;/m00./s1. The number of urea groups is 2. The van der Waals surface area contributed by atoms with Gasteiger partial charge in [-0.05, 0) is 159 Å². The highest BCUT2D eigenvalue weighted by molar-refractivity contribution is 14.1. The minimum absolute atomic E-state index is 0.0980. The first-order chi connectivity index (χ1) is 41.5. The average Bonchev–Trinajstić information content (AvgIpc) is 4.13. The molecule has 88 heavy (non-hydrogen) atoms. The Morgan fingerprint density at radius 3 is 1.43 bits per heavy atom. The summed E-state index contributed by atoms with van der Waals surface area (Å²) < 4.78 is 100. The highest BCUT2D eigenvalue weighted by Gasteiger charge is 2.52. The van der Waals surface area contributed by atoms with Crippen LogP contribution in [0.25, 0.3) is 11.1 Å². The number of benzene rings is 2. The molecular formula is C62H84BF6IN10O8. The number of alkyl halides is 6. The minimum Gasteiger partial charge on any atom is -0.399 e. The van der Waals surface area contributed by atoms with Crippen molar-refractivity contribution in [1.82, 2.24) is 19.8 Å². The molecular weight excluding hydrogens is 1260 g/mol. The van der Waals surface area contributed by atoms with Crippen molar-refractivity contribution in [3.63, 3.8) is 0 Å². The van der Waals surface area contributed by atoms with Crippen LogP contribution < -0.4 is 35.7 Å². The molecule has 9 heterocycles. The van der Waals surface area contributed by atoms with E-state index >= 15 is 0 Å². The molecule has 6 atom stereocenters. The van der Waals surface area contributed by atoms with E-state index in [9.17, 15) is 46.1 Å². The number of aliphatic hydroxyl groups is 2. The van der Waals surface area contributed by atoms with Gasteiger partial charge < -0.3 is 69.0 Å². The number of carbonyl (C=O) groups excluding carboxylic acids is 2. The summed E-state index contributed by atoms with van der Waals surface area (Å²) in [5, 5.41) is 26.0. The molecule has 7 saturated heterocycles. The molecule has 4 unspecified atom stereocenters. The van der Waals surface area contributed by atoms with Crippen LogP contribution in [0.15, 0.2) is 60.7 Å². The van der Waals surface area contributed by atoms with Crippen molar-refractivity contribution < 1.29 is 64.9 Å². The van der Waals surface area contributed by atoms with E-state index in [1.807, 2.05) is 84.9 Å². The molecule has 2 aromatic heterocycles. The van der Waals surface area contributed by atoms with Crippen molar-refractivity contribution in [2.24, 2.45) is 23.7 Å². The quantitative estimate of drug-likeness (QED) is 0.0669. The van der Waals surface area contributed by atoms with Crippen LogP contribution in [0.1, 0.15) is 78.4 Å². The molecule has 26 heteroatoms. The number of aliphatic hydroxyl groups excluding tert-OH is 2. The van der Waals surface area contributed by atoms with Gasteiger partial charge in [-0.2, -0.15) is 26.3 Å². The van der Waals surface area contributed by atoms with Crippen molar-refractivity contribution in [1.29, 1.82) is 0 Å². The van der Waals surface area contributed by atoms with Gasteiger partial charge in [0.25, 0.3) is 0 Å². The van der Waals surface area contributed by atoms with E-state index in [1.165, 1.54) is 13.4 Å². The van der Waals surface area contributed by atoms with Gasteiger partial charge in [0.2, 0.25) is 0 Å². The molecule has 4 aromatic rings. The number of rotatable bonds is 10. The van der Waals surface area contributed by atoms with Crippen LogP contribution >= 0.6 is 22.6 Å². The smallest absolute Gasteiger partial charge is 0.399 e. The molecule has 7 aliphatic rings. The second-order valence-electron chi connectivity index (χ2n) is 25.6. The van der Waals surface area contributed by atoms with Crippen LogP contribution in [0.5, 0.6) is 0 Å². The fraction of sp³-hybridized carbons (Fsp3) is 0.613. The number of hydrogen-bond donors (Lipinski definition) is 4. The fourth-order valence-electron chi connectivity index (χ4n) is 12.0. The third kappa shape index (κ3) is 17.3. The molecule has 7 aliphatic heterocycles. The molecule has 0 radical (unpaired) electrons. The maximum atomic E-state index is 12.9. The summed E-state index contributed by atoms with van der Waals surface area (Å²) in [5.41, 5.74) is 4.84. The Kier molecular flexibility index (Phi) is 21.3. The Hall–Kier alpha value is -5.39. The SMILES string of the molecule is CC1CN(c2cc(I)cc(N3CCOCC3)n2)CC1O.Cc1ccc(NC(=O)N2CC[C@@H](CC(F)(F)F)C2)cc1-c1cc(N2CCOCC2)nc(N2CC(C)C(O)C2)c1.Cc1ccc(NC(=O)N2CC[C@@H](CC(F)(F)F)C2)cc1B1OC(C)(C)C(C)(C)O1. The van der Waals surface area contributed by atoms with Gasteiger partial charge in [-0.1, -0.05) is 31.5 Å². The molecule has 2 aromatic carbocycles. The third-order valence-electron chi connectivity index (χ3n) is 18.0. The van der Waals surface area contributed by atoms with Crippen molar-refractivity contribution in [3.8, 4) is 11.1 Å². The number of β-amino-alcohol motifs (C(OH)–C–C–N with tert-alkyl or cyclic N) is 2. The maximum absolute atomic E-state index is 12.9. The molecule has 18 nitrogen and oxygen atoms in total. The van der Waals surface area contributed by atoms with Crippen LogP contribution in [0.4, 0.5) is 70.6 Å². The van der Waals surface area contributed by atoms with Gasteiger partial charge in [-0.15, -0.1) is 0 Å². The zero-order valence-electron chi connectivity index (χ0n) is 51.5. The molecule has 0 spiro atoms. The number of carbonyl (C=O) groups is 2. The Balaban J connectivity index is 0.000000166. The van der Waals surface area contributed by atoms with Crippen molar-refractivity contribution in [3.05, 3.63) is 75.4 Å². The Labute approximate surface area is 526 Å². The Morgan fingerprint density at radius 2 is 1.00 bits per heavy atom. The van der Waals surface area contributed by atoms with Crippen LogP contribution in [-0.2, 0) is 18.8 Å². The second-order valence-corrected chi connectivity index (χ2v) is 26.8. The van der Waals surface area contributed by atoms with Crippen LogP contribution in [0, 0.1) is 41.1 Å². The molecule has 4 amide bonds. The van der Waals surface area contributed by atoms with Crippen LogP contribution in [-0.4, -0.2) is 190 Å². The number of morpholine rings is 2. The minimum atomic E-state index is -4.22. The number of aromatic nitrogens is 2. The zero-order chi connectivity index (χ0) is 63.5. The lowest BCUT2D eigenvalue weighted by molar-refractivity contribution is -0.144. The van der Waals surface area contributed by atoms with Crippen LogP contribution in [0.2, 0.25) is 0 Å². The highest BCUT2D eigenvalue weighted by atomic mass is 127. The first-order valence-corrected chi connectivity index (χ1v) is 31.6. The summed E-state index contributed by atoms with van der Waals surface area (Å²) >= 11 is 2.34. The van der Waals surface area contributed by atoms with Gasteiger partial charge in [0, 0.05) is 118 Å². The van der Waals surface area contributed by atoms with Gasteiger partial charge >= 0.3 is 31.5 Å². The summed E-state index contributed by atoms with van der Waals surface area (Å²) in [7, 11) is -0.556. The van der Waals surface area contributed by atoms with Crippen molar-refractivity contribution in [2.75, 3.05) is 135 Å². The van der Waals surface area contributed by atoms with E-state index in [2.05, 4.69) is 71.9 Å². The average molecular weight is 1350 g/mol. The number of hydrogen-bond acceptors (Lipinski definition) is 14. The number of nitrogens with one attached hydrogen (secondary N) is 2. The predicted molar refractivity (Wildman–Crippen MR) is 338 cm³/mol. The van der Waals surface area contributed by atoms with E-state index in [4.69, 9.17) is 28.8 Å². The molecule has 11 rings (SSSR count). The second kappa shape index (κ2) is 28.0. The topological polar surface area (TPSA) is 181 Å².